The van der Waals surface area contributed by atoms with Crippen molar-refractivity contribution >= 4 is 11.7 Å². The van der Waals surface area contributed by atoms with E-state index in [1.807, 2.05) is 0 Å². The van der Waals surface area contributed by atoms with Crippen molar-refractivity contribution in [3.05, 3.63) is 41.7 Å². The van der Waals surface area contributed by atoms with Gasteiger partial charge in [-0.3, -0.25) is 0 Å². The van der Waals surface area contributed by atoms with Gasteiger partial charge < -0.3 is 9.84 Å². The van der Waals surface area contributed by atoms with Gasteiger partial charge in [0, 0.05) is 5.56 Å². The Bertz CT molecular complexity index is 561. The van der Waals surface area contributed by atoms with Crippen molar-refractivity contribution in [1.82, 2.24) is 0 Å². The number of ether oxygens (including phenoxy) is 1. The molecular formula is C12H7F7O3. The summed E-state index contributed by atoms with van der Waals surface area (Å²) < 4.78 is 89.1. The lowest BCUT2D eigenvalue weighted by Gasteiger charge is -2.22. The molecule has 0 aliphatic heterocycles. The predicted octanol–water partition coefficient (Wildman–Crippen LogP) is 3.76. The van der Waals surface area contributed by atoms with Crippen molar-refractivity contribution in [1.29, 1.82) is 0 Å². The Kier molecular flexibility index (Phi) is 5.05. The molecule has 0 aliphatic rings. The number of halogens is 7. The van der Waals surface area contributed by atoms with E-state index in [-0.39, 0.29) is 11.6 Å². The highest BCUT2D eigenvalue weighted by Gasteiger charge is 2.59. The molecule has 1 N–H and O–H groups in total. The second-order valence-electron chi connectivity index (χ2n) is 3.94. The lowest BCUT2D eigenvalue weighted by atomic mass is 10.2. The first kappa shape index (κ1) is 17.8. The molecule has 122 valence electrons. The Labute approximate surface area is 118 Å². The van der Waals surface area contributed by atoms with Gasteiger partial charge in [-0.2, -0.15) is 26.3 Å². The van der Waals surface area contributed by atoms with Gasteiger partial charge in [0.05, 0.1) is 6.08 Å². The number of alkyl halides is 6. The number of benzene rings is 1. The molecule has 10 heteroatoms. The fraction of sp³-hybridized carbons (Fsp3) is 0.250. The van der Waals surface area contributed by atoms with E-state index in [9.17, 15) is 40.6 Å². The topological polar surface area (TPSA) is 46.5 Å². The summed E-state index contributed by atoms with van der Waals surface area (Å²) in [6.07, 6.45) is -16.1. The van der Waals surface area contributed by atoms with Crippen LogP contribution in [0.1, 0.15) is 5.56 Å². The maximum Gasteiger partial charge on any atom is 0.434 e. The van der Waals surface area contributed by atoms with Crippen LogP contribution in [0.4, 0.5) is 30.7 Å². The summed E-state index contributed by atoms with van der Waals surface area (Å²) >= 11 is 0. The standard InChI is InChI=1S/C12H7F7O3/c13-7-3-1-2-6(4-7)8(20)5-9(21)22-10(11(14,15)16)12(17,18)19/h1-5,10,20H/b8-5-. The van der Waals surface area contributed by atoms with E-state index >= 15 is 0 Å². The van der Waals surface area contributed by atoms with Crippen molar-refractivity contribution in [2.45, 2.75) is 18.5 Å². The van der Waals surface area contributed by atoms with E-state index in [1.54, 1.807) is 0 Å². The molecule has 0 heterocycles. The molecule has 0 unspecified atom stereocenters. The van der Waals surface area contributed by atoms with Crippen molar-refractivity contribution in [2.24, 2.45) is 0 Å². The minimum absolute atomic E-state index is 0.0146. The zero-order valence-electron chi connectivity index (χ0n) is 10.4. The zero-order chi connectivity index (χ0) is 17.1. The average Bonchev–Trinajstić information content (AvgIpc) is 2.33. The molecule has 0 atom stereocenters. The van der Waals surface area contributed by atoms with Gasteiger partial charge in [-0.1, -0.05) is 12.1 Å². The number of esters is 1. The summed E-state index contributed by atoms with van der Waals surface area (Å²) in [7, 11) is 0. The van der Waals surface area contributed by atoms with E-state index in [1.165, 1.54) is 0 Å². The Balaban J connectivity index is 2.94. The van der Waals surface area contributed by atoms with E-state index < -0.39 is 36.0 Å². The van der Waals surface area contributed by atoms with Gasteiger partial charge in [0.2, 0.25) is 0 Å². The molecular weight excluding hydrogens is 325 g/mol. The van der Waals surface area contributed by atoms with Crippen molar-refractivity contribution in [2.75, 3.05) is 0 Å². The van der Waals surface area contributed by atoms with Gasteiger partial charge in [0.25, 0.3) is 6.10 Å². The summed E-state index contributed by atoms with van der Waals surface area (Å²) in [6, 6.07) is 3.87. The molecule has 1 aromatic carbocycles. The van der Waals surface area contributed by atoms with Crippen molar-refractivity contribution in [3.8, 4) is 0 Å². The number of hydrogen-bond donors (Lipinski definition) is 1. The number of aliphatic hydroxyl groups is 1. The molecule has 1 aromatic rings. The molecule has 1 rings (SSSR count). The van der Waals surface area contributed by atoms with Crippen LogP contribution in [0.5, 0.6) is 0 Å². The third kappa shape index (κ3) is 4.93. The second-order valence-corrected chi connectivity index (χ2v) is 3.94. The first-order valence-corrected chi connectivity index (χ1v) is 5.42. The summed E-state index contributed by atoms with van der Waals surface area (Å²) in [6.45, 7) is 0. The van der Waals surface area contributed by atoms with Crippen LogP contribution in [0.15, 0.2) is 30.3 Å². The Morgan fingerprint density at radius 1 is 1.14 bits per heavy atom. The predicted molar refractivity (Wildman–Crippen MR) is 59.0 cm³/mol. The van der Waals surface area contributed by atoms with Gasteiger partial charge in [-0.15, -0.1) is 0 Å². The third-order valence-corrected chi connectivity index (χ3v) is 2.20. The molecule has 22 heavy (non-hydrogen) atoms. The SMILES string of the molecule is O=C(/C=C(\O)c1cccc(F)c1)OC(C(F)(F)F)C(F)(F)F. The fourth-order valence-electron chi connectivity index (χ4n) is 1.31. The van der Waals surface area contributed by atoms with Crippen LogP contribution in [0.3, 0.4) is 0 Å². The molecule has 3 nitrogen and oxygen atoms in total. The summed E-state index contributed by atoms with van der Waals surface area (Å²) in [5.74, 6) is -3.97. The summed E-state index contributed by atoms with van der Waals surface area (Å²) in [5.41, 5.74) is -0.326. The molecule has 0 saturated carbocycles. The second kappa shape index (κ2) is 6.24. The van der Waals surface area contributed by atoms with Crippen LogP contribution in [-0.2, 0) is 9.53 Å². The van der Waals surface area contributed by atoms with Crippen LogP contribution in [0.25, 0.3) is 5.76 Å². The van der Waals surface area contributed by atoms with Crippen molar-refractivity contribution in [3.63, 3.8) is 0 Å². The Morgan fingerprint density at radius 3 is 2.14 bits per heavy atom. The normalized spacial score (nSPS) is 13.4. The van der Waals surface area contributed by atoms with Gasteiger partial charge >= 0.3 is 18.3 Å². The first-order chi connectivity index (χ1) is 9.91. The molecule has 0 radical (unpaired) electrons. The van der Waals surface area contributed by atoms with Crippen LogP contribution < -0.4 is 0 Å². The van der Waals surface area contributed by atoms with Gasteiger partial charge in [-0.25, -0.2) is 9.18 Å². The minimum Gasteiger partial charge on any atom is -0.507 e. The van der Waals surface area contributed by atoms with E-state index in [2.05, 4.69) is 4.74 Å². The lowest BCUT2D eigenvalue weighted by Crippen LogP contribution is -2.45. The van der Waals surface area contributed by atoms with Gasteiger partial charge in [0.15, 0.2) is 0 Å². The Morgan fingerprint density at radius 2 is 1.68 bits per heavy atom. The Hall–Kier alpha value is -2.26. The average molecular weight is 332 g/mol. The molecule has 0 bridgehead atoms. The molecule has 0 saturated heterocycles. The molecule has 0 amide bonds. The van der Waals surface area contributed by atoms with Gasteiger partial charge in [-0.05, 0) is 12.1 Å². The number of rotatable bonds is 3. The molecule has 0 aromatic heterocycles. The van der Waals surface area contributed by atoms with Crippen LogP contribution >= 0.6 is 0 Å². The van der Waals surface area contributed by atoms with E-state index in [0.717, 1.165) is 18.2 Å². The highest BCUT2D eigenvalue weighted by Crippen LogP contribution is 2.35. The van der Waals surface area contributed by atoms with Crippen LogP contribution in [-0.4, -0.2) is 29.5 Å². The first-order valence-electron chi connectivity index (χ1n) is 5.42. The number of hydrogen-bond acceptors (Lipinski definition) is 3. The fourth-order valence-corrected chi connectivity index (χ4v) is 1.31. The third-order valence-electron chi connectivity index (χ3n) is 2.20. The summed E-state index contributed by atoms with van der Waals surface area (Å²) in [5, 5.41) is 9.36. The molecule has 0 fully saturated rings. The van der Waals surface area contributed by atoms with Crippen LogP contribution in [0.2, 0.25) is 0 Å². The highest BCUT2D eigenvalue weighted by molar-refractivity contribution is 5.89. The van der Waals surface area contributed by atoms with Crippen molar-refractivity contribution < 1.29 is 45.4 Å². The van der Waals surface area contributed by atoms with Gasteiger partial charge in [0.1, 0.15) is 11.6 Å². The number of carbonyl (C=O) groups is 1. The van der Waals surface area contributed by atoms with E-state index in [0.29, 0.717) is 6.07 Å². The lowest BCUT2D eigenvalue weighted by molar-refractivity contribution is -0.312. The minimum atomic E-state index is -5.86. The maximum absolute atomic E-state index is 12.8. The van der Waals surface area contributed by atoms with E-state index in [4.69, 9.17) is 0 Å². The zero-order valence-corrected chi connectivity index (χ0v) is 10.4. The highest BCUT2D eigenvalue weighted by atomic mass is 19.4. The van der Waals surface area contributed by atoms with Crippen LogP contribution in [0, 0.1) is 5.82 Å². The number of carbonyl (C=O) groups excluding carboxylic acids is 1. The molecule has 0 aliphatic carbocycles. The smallest absolute Gasteiger partial charge is 0.434 e. The largest absolute Gasteiger partial charge is 0.507 e. The molecule has 0 spiro atoms. The maximum atomic E-state index is 12.8. The summed E-state index contributed by atoms with van der Waals surface area (Å²) in [4.78, 5) is 11.1. The monoisotopic (exact) mass is 332 g/mol. The number of aliphatic hydroxyl groups excluding tert-OH is 1. The quantitative estimate of drug-likeness (QED) is 0.397.